The Morgan fingerprint density at radius 3 is 1.33 bits per heavy atom. The summed E-state index contributed by atoms with van der Waals surface area (Å²) in [5, 5.41) is 6.09. The van der Waals surface area contributed by atoms with Crippen molar-refractivity contribution in [3.63, 3.8) is 0 Å². The van der Waals surface area contributed by atoms with Crippen molar-refractivity contribution >= 4 is 40.9 Å². The fourth-order valence-corrected chi connectivity index (χ4v) is 8.76. The van der Waals surface area contributed by atoms with Gasteiger partial charge < -0.3 is 20.1 Å². The van der Waals surface area contributed by atoms with Gasteiger partial charge in [0.05, 0.1) is 0 Å². The number of anilines is 2. The third kappa shape index (κ3) is 9.54. The van der Waals surface area contributed by atoms with Crippen LogP contribution in [0, 0.1) is 0 Å². The lowest BCUT2D eigenvalue weighted by Crippen LogP contribution is -2.45. The molecule has 1 saturated carbocycles. The molecule has 7 rings (SSSR count). The molecule has 4 atom stereocenters. The lowest BCUT2D eigenvalue weighted by molar-refractivity contribution is -0.121. The maximum atomic E-state index is 13.4. The molecule has 0 spiro atoms. The van der Waals surface area contributed by atoms with Gasteiger partial charge in [-0.1, -0.05) is 54.6 Å². The van der Waals surface area contributed by atoms with Crippen LogP contribution in [0.15, 0.2) is 78.9 Å². The molecule has 2 saturated heterocycles. The molecule has 10 heteroatoms. The predicted octanol–water partition coefficient (Wildman–Crippen LogP) is 9.98. The van der Waals surface area contributed by atoms with Crippen LogP contribution in [0.3, 0.4) is 0 Å². The van der Waals surface area contributed by atoms with E-state index in [1.54, 1.807) is 0 Å². The van der Waals surface area contributed by atoms with Gasteiger partial charge in [-0.3, -0.25) is 19.4 Å². The Balaban J connectivity index is 1.06. The van der Waals surface area contributed by atoms with Crippen molar-refractivity contribution in [1.29, 1.82) is 0 Å². The number of ether oxygens (including phenoxy) is 2. The number of nitrogens with one attached hydrogen (secondary N) is 2. The van der Waals surface area contributed by atoms with E-state index < -0.39 is 35.5 Å². The van der Waals surface area contributed by atoms with E-state index in [-0.39, 0.29) is 29.6 Å². The van der Waals surface area contributed by atoms with Gasteiger partial charge in [-0.25, -0.2) is 9.59 Å². The molecule has 0 radical (unpaired) electrons. The number of amides is 4. The molecular formula is C47H58N4O6. The highest BCUT2D eigenvalue weighted by Crippen LogP contribution is 2.66. The minimum atomic E-state index is -0.635. The third-order valence-electron chi connectivity index (χ3n) is 11.5. The molecule has 3 aromatic carbocycles. The maximum absolute atomic E-state index is 13.4. The zero-order valence-electron chi connectivity index (χ0n) is 34.3. The number of hydrogen-bond donors (Lipinski definition) is 2. The summed E-state index contributed by atoms with van der Waals surface area (Å²) in [5.74, 6) is 0.266. The molecule has 2 aliphatic heterocycles. The van der Waals surface area contributed by atoms with Crippen molar-refractivity contribution in [2.45, 2.75) is 134 Å². The molecule has 3 aromatic rings. The number of allylic oxidation sites excluding steroid dienone is 2. The quantitative estimate of drug-likeness (QED) is 0.235. The smallest absolute Gasteiger partial charge is 0.410 e. The molecular weight excluding hydrogens is 717 g/mol. The second-order valence-corrected chi connectivity index (χ2v) is 18.1. The first-order chi connectivity index (χ1) is 27.1. The van der Waals surface area contributed by atoms with Crippen molar-refractivity contribution in [1.82, 2.24) is 9.80 Å². The molecule has 2 N–H and O–H groups in total. The average Bonchev–Trinajstić information content (AvgIpc) is 3.46. The Labute approximate surface area is 337 Å². The minimum Gasteiger partial charge on any atom is -0.444 e. The summed E-state index contributed by atoms with van der Waals surface area (Å²) >= 11 is 0. The second-order valence-electron chi connectivity index (χ2n) is 18.1. The highest BCUT2D eigenvalue weighted by molar-refractivity contribution is 5.97. The van der Waals surface area contributed by atoms with E-state index in [1.807, 2.05) is 65.8 Å². The largest absolute Gasteiger partial charge is 0.444 e. The first-order valence-corrected chi connectivity index (χ1v) is 20.8. The number of likely N-dealkylation sites (tertiary alicyclic amines) is 2. The number of hydrogen-bond acceptors (Lipinski definition) is 6. The fourth-order valence-electron chi connectivity index (χ4n) is 8.76. The van der Waals surface area contributed by atoms with Gasteiger partial charge >= 0.3 is 12.2 Å². The number of benzene rings is 3. The van der Waals surface area contributed by atoms with Crippen molar-refractivity contribution in [3.05, 3.63) is 101 Å². The van der Waals surface area contributed by atoms with Crippen LogP contribution in [0.25, 0.3) is 5.57 Å². The standard InChI is InChI=1S/C47H58N4O6/c1-46(2,3)56-44(54)50-28-10-14-37(50)42(52)48-35-24-20-33(21-25-35)40-39(32-18-16-31(17-19-32)30-12-8-7-9-13-30)41(40)34-22-26-36(27-23-34)49-43(53)38-15-11-29-51(38)45(55)57-47(4,5)6/h12,16-27,37-41H,7-11,13-15,28-29H2,1-6H3,(H,48,52)(H,49,53)/t37-,38-,39?,40?,41?/m0/s1. The Morgan fingerprint density at radius 1 is 0.561 bits per heavy atom. The zero-order chi connectivity index (χ0) is 40.5. The van der Waals surface area contributed by atoms with Crippen LogP contribution in [0.2, 0.25) is 0 Å². The van der Waals surface area contributed by atoms with Crippen LogP contribution in [0.1, 0.15) is 133 Å². The first kappa shape index (κ1) is 40.1. The molecule has 0 aromatic heterocycles. The summed E-state index contributed by atoms with van der Waals surface area (Å²) in [5.41, 5.74) is 6.48. The zero-order valence-corrected chi connectivity index (χ0v) is 34.3. The van der Waals surface area contributed by atoms with Crippen LogP contribution in [0.4, 0.5) is 21.0 Å². The molecule has 3 fully saturated rings. The normalized spacial score (nSPS) is 23.4. The number of carbonyl (C=O) groups is 4. The molecule has 4 amide bonds. The first-order valence-electron chi connectivity index (χ1n) is 20.8. The van der Waals surface area contributed by atoms with Crippen LogP contribution in [0.5, 0.6) is 0 Å². The lowest BCUT2D eigenvalue weighted by atomic mass is 9.92. The van der Waals surface area contributed by atoms with Crippen LogP contribution in [-0.4, -0.2) is 70.2 Å². The summed E-state index contributed by atoms with van der Waals surface area (Å²) in [6.07, 6.45) is 8.91. The average molecular weight is 775 g/mol. The number of carbonyl (C=O) groups excluding carboxylic acids is 4. The Bertz CT molecular complexity index is 1870. The molecule has 0 bridgehead atoms. The topological polar surface area (TPSA) is 117 Å². The Kier molecular flexibility index (Phi) is 11.5. The van der Waals surface area contributed by atoms with Gasteiger partial charge in [0.15, 0.2) is 0 Å². The third-order valence-corrected chi connectivity index (χ3v) is 11.5. The second kappa shape index (κ2) is 16.4. The van der Waals surface area contributed by atoms with Crippen molar-refractivity contribution in [2.75, 3.05) is 23.7 Å². The molecule has 4 aliphatic rings. The number of rotatable bonds is 8. The summed E-state index contributed by atoms with van der Waals surface area (Å²) in [6.45, 7) is 11.9. The summed E-state index contributed by atoms with van der Waals surface area (Å²) in [4.78, 5) is 55.5. The fraction of sp³-hybridized carbons (Fsp3) is 0.489. The van der Waals surface area contributed by atoms with Crippen molar-refractivity contribution in [2.24, 2.45) is 0 Å². The summed E-state index contributed by atoms with van der Waals surface area (Å²) in [7, 11) is 0. The van der Waals surface area contributed by atoms with E-state index in [0.29, 0.717) is 37.3 Å². The van der Waals surface area contributed by atoms with Gasteiger partial charge in [0.1, 0.15) is 23.3 Å². The van der Waals surface area contributed by atoms with Gasteiger partial charge in [0.25, 0.3) is 0 Å². The molecule has 10 nitrogen and oxygen atoms in total. The van der Waals surface area contributed by atoms with E-state index in [9.17, 15) is 19.2 Å². The molecule has 57 heavy (non-hydrogen) atoms. The van der Waals surface area contributed by atoms with Crippen molar-refractivity contribution in [3.8, 4) is 0 Å². The van der Waals surface area contributed by atoms with Crippen molar-refractivity contribution < 1.29 is 28.7 Å². The Morgan fingerprint density at radius 2 is 0.965 bits per heavy atom. The predicted molar refractivity (Wildman–Crippen MR) is 223 cm³/mol. The SMILES string of the molecule is CC(C)(C)OC(=O)N1CCC[C@H]1C(=O)Nc1ccc(C2C(c3ccc(NC(=O)[C@@H]4CCCN4C(=O)OC(C)(C)C)cc3)C2c2ccc(C3=CCCCC3)cc2)cc1. The van der Waals surface area contributed by atoms with Gasteiger partial charge in [0, 0.05) is 24.5 Å². The van der Waals surface area contributed by atoms with Gasteiger partial charge in [0.2, 0.25) is 11.8 Å². The van der Waals surface area contributed by atoms with Crippen LogP contribution >= 0.6 is 0 Å². The molecule has 2 aliphatic carbocycles. The van der Waals surface area contributed by atoms with E-state index >= 15 is 0 Å². The minimum absolute atomic E-state index is 0.209. The highest BCUT2D eigenvalue weighted by Gasteiger charge is 2.52. The summed E-state index contributed by atoms with van der Waals surface area (Å²) in [6, 6.07) is 24.2. The van der Waals surface area contributed by atoms with Gasteiger partial charge in [-0.15, -0.1) is 0 Å². The summed E-state index contributed by atoms with van der Waals surface area (Å²) < 4.78 is 11.1. The Hall–Kier alpha value is -5.12. The van der Waals surface area contributed by atoms with Crippen LogP contribution < -0.4 is 10.6 Å². The van der Waals surface area contributed by atoms with E-state index in [0.717, 1.165) is 25.7 Å². The maximum Gasteiger partial charge on any atom is 0.410 e. The van der Waals surface area contributed by atoms with E-state index in [2.05, 4.69) is 65.2 Å². The van der Waals surface area contributed by atoms with Gasteiger partial charge in [-0.05, 0) is 163 Å². The van der Waals surface area contributed by atoms with Gasteiger partial charge in [-0.2, -0.15) is 0 Å². The molecule has 302 valence electrons. The van der Waals surface area contributed by atoms with E-state index in [4.69, 9.17) is 9.47 Å². The monoisotopic (exact) mass is 774 g/mol. The molecule has 2 unspecified atom stereocenters. The lowest BCUT2D eigenvalue weighted by Gasteiger charge is -2.28. The number of nitrogens with zero attached hydrogens (tertiary/aromatic N) is 2. The van der Waals surface area contributed by atoms with E-state index in [1.165, 1.54) is 50.5 Å². The van der Waals surface area contributed by atoms with Crippen LogP contribution in [-0.2, 0) is 19.1 Å². The molecule has 2 heterocycles. The highest BCUT2D eigenvalue weighted by atomic mass is 16.6.